The zero-order valence-corrected chi connectivity index (χ0v) is 14.0. The number of methoxy groups -OCH3 is 1. The van der Waals surface area contributed by atoms with E-state index in [0.717, 1.165) is 12.0 Å². The average Bonchev–Trinajstić information content (AvgIpc) is 2.64. The van der Waals surface area contributed by atoms with Gasteiger partial charge in [-0.3, -0.25) is 9.59 Å². The lowest BCUT2D eigenvalue weighted by Gasteiger charge is -2.07. The summed E-state index contributed by atoms with van der Waals surface area (Å²) >= 11 is 0. The largest absolute Gasteiger partial charge is 0.385 e. The summed E-state index contributed by atoms with van der Waals surface area (Å²) in [6.45, 7) is 1.43. The Bertz CT molecular complexity index is 700. The lowest BCUT2D eigenvalue weighted by atomic mass is 10.1. The third kappa shape index (κ3) is 6.00. The van der Waals surface area contributed by atoms with Crippen molar-refractivity contribution in [2.45, 2.75) is 13.0 Å². The normalized spacial score (nSPS) is 10.3. The fourth-order valence-electron chi connectivity index (χ4n) is 2.18. The van der Waals surface area contributed by atoms with Crippen LogP contribution < -0.4 is 10.6 Å². The molecule has 0 spiro atoms. The summed E-state index contributed by atoms with van der Waals surface area (Å²) in [5.74, 6) is -0.753. The Morgan fingerprint density at radius 3 is 2.04 bits per heavy atom. The SMILES string of the molecule is COCCCNC(=O)c1ccc(C(=O)NCc2ccc(F)cc2)cc1. The molecular weight excluding hydrogens is 323 g/mol. The number of halogens is 1. The highest BCUT2D eigenvalue weighted by atomic mass is 19.1. The number of rotatable bonds is 8. The molecule has 2 aromatic carbocycles. The maximum Gasteiger partial charge on any atom is 0.251 e. The van der Waals surface area contributed by atoms with E-state index in [4.69, 9.17) is 4.74 Å². The summed E-state index contributed by atoms with van der Waals surface area (Å²) in [4.78, 5) is 24.1. The quantitative estimate of drug-likeness (QED) is 0.723. The van der Waals surface area contributed by atoms with E-state index >= 15 is 0 Å². The molecule has 25 heavy (non-hydrogen) atoms. The summed E-state index contributed by atoms with van der Waals surface area (Å²) in [6.07, 6.45) is 0.742. The standard InChI is InChI=1S/C19H21FN2O3/c1-25-12-2-11-21-18(23)15-5-7-16(8-6-15)19(24)22-13-14-3-9-17(20)10-4-14/h3-10H,2,11-13H2,1H3,(H,21,23)(H,22,24). The van der Waals surface area contributed by atoms with Crippen LogP contribution in [0.3, 0.4) is 0 Å². The topological polar surface area (TPSA) is 67.4 Å². The summed E-state index contributed by atoms with van der Waals surface area (Å²) in [7, 11) is 1.61. The van der Waals surface area contributed by atoms with Crippen LogP contribution in [0.1, 0.15) is 32.7 Å². The minimum Gasteiger partial charge on any atom is -0.385 e. The maximum atomic E-state index is 12.8. The van der Waals surface area contributed by atoms with Crippen molar-refractivity contribution in [3.05, 3.63) is 71.0 Å². The van der Waals surface area contributed by atoms with Gasteiger partial charge in [0.25, 0.3) is 11.8 Å². The van der Waals surface area contributed by atoms with Gasteiger partial charge in [0.05, 0.1) is 0 Å². The average molecular weight is 344 g/mol. The van der Waals surface area contributed by atoms with Crippen LogP contribution in [-0.2, 0) is 11.3 Å². The minimum absolute atomic E-state index is 0.186. The van der Waals surface area contributed by atoms with Crippen LogP contribution in [-0.4, -0.2) is 32.1 Å². The van der Waals surface area contributed by atoms with Crippen molar-refractivity contribution in [3.8, 4) is 0 Å². The van der Waals surface area contributed by atoms with E-state index in [9.17, 15) is 14.0 Å². The lowest BCUT2D eigenvalue weighted by molar-refractivity contribution is 0.0937. The first-order valence-corrected chi connectivity index (χ1v) is 8.00. The van der Waals surface area contributed by atoms with Crippen LogP contribution >= 0.6 is 0 Å². The van der Waals surface area contributed by atoms with E-state index < -0.39 is 0 Å². The van der Waals surface area contributed by atoms with E-state index in [1.807, 2.05) is 0 Å². The molecule has 2 rings (SSSR count). The third-order valence-corrected chi connectivity index (χ3v) is 3.59. The van der Waals surface area contributed by atoms with Gasteiger partial charge in [-0.15, -0.1) is 0 Å². The van der Waals surface area contributed by atoms with E-state index in [1.165, 1.54) is 12.1 Å². The molecular formula is C19H21FN2O3. The van der Waals surface area contributed by atoms with Crippen LogP contribution in [0.15, 0.2) is 48.5 Å². The van der Waals surface area contributed by atoms with Gasteiger partial charge >= 0.3 is 0 Å². The molecule has 0 saturated carbocycles. The van der Waals surface area contributed by atoms with E-state index in [2.05, 4.69) is 10.6 Å². The second-order valence-electron chi connectivity index (χ2n) is 5.49. The highest BCUT2D eigenvalue weighted by Gasteiger charge is 2.08. The van der Waals surface area contributed by atoms with Crippen molar-refractivity contribution >= 4 is 11.8 Å². The van der Waals surface area contributed by atoms with Gasteiger partial charge in [0.1, 0.15) is 5.82 Å². The van der Waals surface area contributed by atoms with Crippen LogP contribution in [0.4, 0.5) is 4.39 Å². The van der Waals surface area contributed by atoms with E-state index in [1.54, 1.807) is 43.5 Å². The smallest absolute Gasteiger partial charge is 0.251 e. The predicted molar refractivity (Wildman–Crippen MR) is 92.8 cm³/mol. The van der Waals surface area contributed by atoms with Crippen molar-refractivity contribution in [1.82, 2.24) is 10.6 Å². The molecule has 0 radical (unpaired) electrons. The minimum atomic E-state index is -0.314. The van der Waals surface area contributed by atoms with Crippen molar-refractivity contribution < 1.29 is 18.7 Å². The molecule has 0 atom stereocenters. The van der Waals surface area contributed by atoms with Crippen LogP contribution in [0.2, 0.25) is 0 Å². The molecule has 5 nitrogen and oxygen atoms in total. The predicted octanol–water partition coefficient (Wildman–Crippen LogP) is 2.52. The Morgan fingerprint density at radius 2 is 1.48 bits per heavy atom. The van der Waals surface area contributed by atoms with Gasteiger partial charge in [-0.2, -0.15) is 0 Å². The molecule has 2 amide bonds. The van der Waals surface area contributed by atoms with Gasteiger partial charge in [0.15, 0.2) is 0 Å². The Labute approximate surface area is 146 Å². The molecule has 0 heterocycles. The molecule has 2 aromatic rings. The fraction of sp³-hybridized carbons (Fsp3) is 0.263. The molecule has 0 bridgehead atoms. The van der Waals surface area contributed by atoms with E-state index in [-0.39, 0.29) is 17.6 Å². The van der Waals surface area contributed by atoms with Gasteiger partial charge < -0.3 is 15.4 Å². The summed E-state index contributed by atoms with van der Waals surface area (Å²) < 4.78 is 17.8. The monoisotopic (exact) mass is 344 g/mol. The zero-order valence-electron chi connectivity index (χ0n) is 14.0. The number of nitrogens with one attached hydrogen (secondary N) is 2. The molecule has 0 fully saturated rings. The highest BCUT2D eigenvalue weighted by Crippen LogP contribution is 2.06. The number of carbonyl (C=O) groups excluding carboxylic acids is 2. The summed E-state index contributed by atoms with van der Waals surface area (Å²) in [5, 5.41) is 5.54. The highest BCUT2D eigenvalue weighted by molar-refractivity contribution is 5.97. The van der Waals surface area contributed by atoms with E-state index in [0.29, 0.717) is 30.8 Å². The number of hydrogen-bond acceptors (Lipinski definition) is 3. The maximum absolute atomic E-state index is 12.8. The first-order valence-electron chi connectivity index (χ1n) is 8.00. The Morgan fingerprint density at radius 1 is 0.920 bits per heavy atom. The van der Waals surface area contributed by atoms with Crippen molar-refractivity contribution in [1.29, 1.82) is 0 Å². The molecule has 0 aliphatic carbocycles. The van der Waals surface area contributed by atoms with Gasteiger partial charge in [0, 0.05) is 37.9 Å². The summed E-state index contributed by atoms with van der Waals surface area (Å²) in [6, 6.07) is 12.4. The molecule has 0 aliphatic heterocycles. The van der Waals surface area contributed by atoms with Crippen LogP contribution in [0.5, 0.6) is 0 Å². The second-order valence-corrected chi connectivity index (χ2v) is 5.49. The van der Waals surface area contributed by atoms with Crippen LogP contribution in [0.25, 0.3) is 0 Å². The Kier molecular flexibility index (Phi) is 7.10. The molecule has 0 unspecified atom stereocenters. The number of hydrogen-bond donors (Lipinski definition) is 2. The molecule has 0 aliphatic rings. The second kappa shape index (κ2) is 9.54. The molecule has 0 aromatic heterocycles. The molecule has 0 saturated heterocycles. The third-order valence-electron chi connectivity index (χ3n) is 3.59. The van der Waals surface area contributed by atoms with Crippen molar-refractivity contribution in [3.63, 3.8) is 0 Å². The van der Waals surface area contributed by atoms with Gasteiger partial charge in [0.2, 0.25) is 0 Å². The molecule has 132 valence electrons. The first-order chi connectivity index (χ1) is 12.1. The fourth-order valence-corrected chi connectivity index (χ4v) is 2.18. The lowest BCUT2D eigenvalue weighted by Crippen LogP contribution is -2.26. The van der Waals surface area contributed by atoms with Crippen LogP contribution in [0, 0.1) is 5.82 Å². The Balaban J connectivity index is 1.84. The molecule has 2 N–H and O–H groups in total. The number of amides is 2. The number of ether oxygens (including phenoxy) is 1. The number of benzene rings is 2. The molecule has 6 heteroatoms. The Hall–Kier alpha value is -2.73. The van der Waals surface area contributed by atoms with Gasteiger partial charge in [-0.05, 0) is 48.4 Å². The van der Waals surface area contributed by atoms with Gasteiger partial charge in [-0.25, -0.2) is 4.39 Å². The first kappa shape index (κ1) is 18.6. The number of carbonyl (C=O) groups is 2. The zero-order chi connectivity index (χ0) is 18.1. The van der Waals surface area contributed by atoms with Crippen molar-refractivity contribution in [2.24, 2.45) is 0 Å². The van der Waals surface area contributed by atoms with Crippen molar-refractivity contribution in [2.75, 3.05) is 20.3 Å². The summed E-state index contributed by atoms with van der Waals surface area (Å²) in [5.41, 5.74) is 1.76. The van der Waals surface area contributed by atoms with Gasteiger partial charge in [-0.1, -0.05) is 12.1 Å².